The molecule has 1 aromatic heterocycles. The van der Waals surface area contributed by atoms with Crippen LogP contribution >= 0.6 is 34.5 Å². The number of alkyl halides is 1. The monoisotopic (exact) mass is 234 g/mol. The molecule has 1 fully saturated rings. The first kappa shape index (κ1) is 9.82. The van der Waals surface area contributed by atoms with Crippen LogP contribution in [-0.4, -0.2) is 0 Å². The molecule has 2 atom stereocenters. The van der Waals surface area contributed by atoms with Crippen LogP contribution in [-0.2, 0) is 0 Å². The molecule has 0 amide bonds. The number of thiophene rings is 1. The lowest BCUT2D eigenvalue weighted by Gasteiger charge is -2.09. The Morgan fingerprint density at radius 1 is 1.62 bits per heavy atom. The van der Waals surface area contributed by atoms with Crippen molar-refractivity contribution in [1.29, 1.82) is 0 Å². The molecule has 1 aliphatic rings. The summed E-state index contributed by atoms with van der Waals surface area (Å²) in [6.07, 6.45) is 1.22. The highest BCUT2D eigenvalue weighted by Crippen LogP contribution is 2.61. The van der Waals surface area contributed by atoms with Gasteiger partial charge in [0, 0.05) is 4.88 Å². The maximum atomic E-state index is 6.36. The summed E-state index contributed by atoms with van der Waals surface area (Å²) < 4.78 is 0. The zero-order chi connectivity index (χ0) is 9.64. The van der Waals surface area contributed by atoms with Crippen LogP contribution in [0.3, 0.4) is 0 Å². The highest BCUT2D eigenvalue weighted by Gasteiger charge is 2.50. The summed E-state index contributed by atoms with van der Waals surface area (Å²) in [7, 11) is 0. The fourth-order valence-corrected chi connectivity index (χ4v) is 3.66. The second-order valence-corrected chi connectivity index (χ2v) is 6.16. The molecular weight excluding hydrogens is 223 g/mol. The molecule has 72 valence electrons. The molecular formula is C10H12Cl2S. The standard InChI is InChI=1S/C10H12Cl2S/c1-10(2)5-6(10)8(12)9-7(11)3-4-13-9/h3-4,6,8H,5H2,1-2H3. The summed E-state index contributed by atoms with van der Waals surface area (Å²) in [5.74, 6) is 0.602. The number of hydrogen-bond acceptors (Lipinski definition) is 1. The van der Waals surface area contributed by atoms with Gasteiger partial charge in [0.1, 0.15) is 0 Å². The van der Waals surface area contributed by atoms with Crippen molar-refractivity contribution >= 4 is 34.5 Å². The molecule has 0 nitrogen and oxygen atoms in total. The van der Waals surface area contributed by atoms with Gasteiger partial charge in [0.15, 0.2) is 0 Å². The third kappa shape index (κ3) is 1.74. The molecule has 0 radical (unpaired) electrons. The molecule has 2 rings (SSSR count). The Kier molecular flexibility index (Phi) is 2.38. The van der Waals surface area contributed by atoms with E-state index in [0.29, 0.717) is 11.3 Å². The third-order valence-electron chi connectivity index (χ3n) is 2.84. The lowest BCUT2D eigenvalue weighted by molar-refractivity contribution is 0.551. The van der Waals surface area contributed by atoms with Crippen molar-refractivity contribution in [3.05, 3.63) is 21.3 Å². The fourth-order valence-electron chi connectivity index (χ4n) is 1.69. The molecule has 0 saturated heterocycles. The summed E-state index contributed by atoms with van der Waals surface area (Å²) >= 11 is 14.0. The van der Waals surface area contributed by atoms with Crippen LogP contribution in [0.15, 0.2) is 11.4 Å². The maximum absolute atomic E-state index is 6.36. The summed E-state index contributed by atoms with van der Waals surface area (Å²) in [6.45, 7) is 4.52. The van der Waals surface area contributed by atoms with Gasteiger partial charge in [-0.25, -0.2) is 0 Å². The minimum Gasteiger partial charge on any atom is -0.146 e. The van der Waals surface area contributed by atoms with Gasteiger partial charge in [-0.05, 0) is 29.2 Å². The Morgan fingerprint density at radius 2 is 2.23 bits per heavy atom. The summed E-state index contributed by atoms with van der Waals surface area (Å²) in [5, 5.41) is 2.94. The molecule has 3 heteroatoms. The first-order chi connectivity index (χ1) is 6.02. The molecule has 13 heavy (non-hydrogen) atoms. The summed E-state index contributed by atoms with van der Waals surface area (Å²) in [5.41, 5.74) is 0.416. The predicted octanol–water partition coefficient (Wildman–Crippen LogP) is 4.73. The van der Waals surface area contributed by atoms with E-state index >= 15 is 0 Å². The predicted molar refractivity (Wildman–Crippen MR) is 59.8 cm³/mol. The summed E-state index contributed by atoms with van der Waals surface area (Å²) in [4.78, 5) is 1.14. The Bertz CT molecular complexity index is 316. The SMILES string of the molecule is CC1(C)CC1C(Cl)c1sccc1Cl. The largest absolute Gasteiger partial charge is 0.146 e. The van der Waals surface area contributed by atoms with E-state index in [1.165, 1.54) is 6.42 Å². The van der Waals surface area contributed by atoms with Crippen LogP contribution in [0.25, 0.3) is 0 Å². The highest BCUT2D eigenvalue weighted by atomic mass is 35.5. The number of rotatable bonds is 2. The molecule has 1 saturated carbocycles. The molecule has 1 aromatic rings. The van der Waals surface area contributed by atoms with Crippen molar-refractivity contribution < 1.29 is 0 Å². The maximum Gasteiger partial charge on any atom is 0.0726 e. The van der Waals surface area contributed by atoms with Crippen molar-refractivity contribution in [2.24, 2.45) is 11.3 Å². The second-order valence-electron chi connectivity index (χ2n) is 4.33. The van der Waals surface area contributed by atoms with Gasteiger partial charge in [-0.2, -0.15) is 0 Å². The van der Waals surface area contributed by atoms with Crippen LogP contribution < -0.4 is 0 Å². The minimum atomic E-state index is 0.113. The first-order valence-corrected chi connectivity index (χ1v) is 6.09. The quantitative estimate of drug-likeness (QED) is 0.650. The zero-order valence-electron chi connectivity index (χ0n) is 7.68. The Hall–Kier alpha value is 0.280. The van der Waals surface area contributed by atoms with Crippen molar-refractivity contribution in [2.75, 3.05) is 0 Å². The van der Waals surface area contributed by atoms with E-state index in [1.54, 1.807) is 11.3 Å². The Morgan fingerprint density at radius 3 is 2.62 bits per heavy atom. The molecule has 0 aromatic carbocycles. The molecule has 1 heterocycles. The highest BCUT2D eigenvalue weighted by molar-refractivity contribution is 7.11. The van der Waals surface area contributed by atoms with Crippen LogP contribution in [0.5, 0.6) is 0 Å². The van der Waals surface area contributed by atoms with E-state index in [1.807, 2.05) is 11.4 Å². The van der Waals surface area contributed by atoms with Gasteiger partial charge < -0.3 is 0 Å². The van der Waals surface area contributed by atoms with E-state index in [0.717, 1.165) is 9.90 Å². The second kappa shape index (κ2) is 3.15. The number of halogens is 2. The van der Waals surface area contributed by atoms with Crippen LogP contribution in [0.4, 0.5) is 0 Å². The van der Waals surface area contributed by atoms with E-state index in [2.05, 4.69) is 13.8 Å². The molecule has 0 N–H and O–H groups in total. The van der Waals surface area contributed by atoms with E-state index in [9.17, 15) is 0 Å². The first-order valence-electron chi connectivity index (χ1n) is 4.39. The lowest BCUT2D eigenvalue weighted by Crippen LogP contribution is -1.97. The zero-order valence-corrected chi connectivity index (χ0v) is 10.0. The smallest absolute Gasteiger partial charge is 0.0726 e. The number of hydrogen-bond donors (Lipinski definition) is 0. The fraction of sp³-hybridized carbons (Fsp3) is 0.600. The van der Waals surface area contributed by atoms with Gasteiger partial charge in [-0.3, -0.25) is 0 Å². The van der Waals surface area contributed by atoms with Gasteiger partial charge in [0.25, 0.3) is 0 Å². The van der Waals surface area contributed by atoms with Crippen LogP contribution in [0.2, 0.25) is 5.02 Å². The molecule has 0 spiro atoms. The molecule has 2 unspecified atom stereocenters. The average Bonchev–Trinajstić information content (AvgIpc) is 2.49. The van der Waals surface area contributed by atoms with Crippen LogP contribution in [0, 0.1) is 11.3 Å². The third-order valence-corrected chi connectivity index (χ3v) is 4.93. The summed E-state index contributed by atoms with van der Waals surface area (Å²) in [6, 6.07) is 1.92. The van der Waals surface area contributed by atoms with E-state index in [-0.39, 0.29) is 5.38 Å². The van der Waals surface area contributed by atoms with Gasteiger partial charge >= 0.3 is 0 Å². The minimum absolute atomic E-state index is 0.113. The average molecular weight is 235 g/mol. The normalized spacial score (nSPS) is 27.2. The van der Waals surface area contributed by atoms with Gasteiger partial charge in [0.05, 0.1) is 10.4 Å². The van der Waals surface area contributed by atoms with Crippen molar-refractivity contribution in [3.8, 4) is 0 Å². The molecule has 0 bridgehead atoms. The van der Waals surface area contributed by atoms with Gasteiger partial charge in [-0.1, -0.05) is 25.4 Å². The Balaban J connectivity index is 2.15. The van der Waals surface area contributed by atoms with E-state index < -0.39 is 0 Å². The molecule has 1 aliphatic carbocycles. The lowest BCUT2D eigenvalue weighted by atomic mass is 10.1. The van der Waals surface area contributed by atoms with E-state index in [4.69, 9.17) is 23.2 Å². The van der Waals surface area contributed by atoms with Gasteiger partial charge in [-0.15, -0.1) is 22.9 Å². The van der Waals surface area contributed by atoms with Crippen molar-refractivity contribution in [1.82, 2.24) is 0 Å². The topological polar surface area (TPSA) is 0 Å². The Labute approximate surface area is 92.9 Å². The van der Waals surface area contributed by atoms with Gasteiger partial charge in [0.2, 0.25) is 0 Å². The molecule has 0 aliphatic heterocycles. The van der Waals surface area contributed by atoms with Crippen molar-refractivity contribution in [3.63, 3.8) is 0 Å². The van der Waals surface area contributed by atoms with Crippen molar-refractivity contribution in [2.45, 2.75) is 25.6 Å². The van der Waals surface area contributed by atoms with Crippen LogP contribution in [0.1, 0.15) is 30.5 Å².